The van der Waals surface area contributed by atoms with Crippen molar-refractivity contribution in [2.24, 2.45) is 0 Å². The van der Waals surface area contributed by atoms with Crippen LogP contribution in [0.3, 0.4) is 0 Å². The summed E-state index contributed by atoms with van der Waals surface area (Å²) in [5, 5.41) is 1.31. The van der Waals surface area contributed by atoms with Crippen molar-refractivity contribution in [2.75, 3.05) is 13.2 Å². The smallest absolute Gasteiger partial charge is 0.330 e. The summed E-state index contributed by atoms with van der Waals surface area (Å²) in [7, 11) is 0. The average Bonchev–Trinajstić information content (AvgIpc) is 2.46. The van der Waals surface area contributed by atoms with Crippen LogP contribution in [0, 0.1) is 0 Å². The first-order chi connectivity index (χ1) is 9.92. The van der Waals surface area contributed by atoms with E-state index in [2.05, 4.69) is 9.72 Å². The van der Waals surface area contributed by atoms with E-state index < -0.39 is 31.3 Å². The molecule has 2 rings (SSSR count). The lowest BCUT2D eigenvalue weighted by molar-refractivity contribution is -0.163. The van der Waals surface area contributed by atoms with E-state index in [1.165, 1.54) is 6.20 Å². The molecule has 3 nitrogen and oxygen atoms in total. The first kappa shape index (κ1) is 15.4. The number of ketones is 1. The fourth-order valence-corrected chi connectivity index (χ4v) is 1.76. The van der Waals surface area contributed by atoms with E-state index in [4.69, 9.17) is 0 Å². The van der Waals surface area contributed by atoms with Crippen molar-refractivity contribution in [3.05, 3.63) is 42.2 Å². The molecule has 1 aromatic carbocycles. The van der Waals surface area contributed by atoms with Crippen molar-refractivity contribution < 1.29 is 27.1 Å². The number of aromatic nitrogens is 1. The number of alkyl halides is 4. The van der Waals surface area contributed by atoms with Crippen LogP contribution in [-0.2, 0) is 4.74 Å². The zero-order valence-corrected chi connectivity index (χ0v) is 10.7. The number of fused-ring (bicyclic) bond motifs is 1. The van der Waals surface area contributed by atoms with Crippen molar-refractivity contribution in [3.8, 4) is 0 Å². The molecule has 0 aliphatic heterocycles. The molecular weight excluding hydrogens is 290 g/mol. The van der Waals surface area contributed by atoms with E-state index in [1.807, 2.05) is 0 Å². The monoisotopic (exact) mass is 301 g/mol. The topological polar surface area (TPSA) is 39.2 Å². The van der Waals surface area contributed by atoms with Crippen molar-refractivity contribution >= 4 is 16.6 Å². The first-order valence-electron chi connectivity index (χ1n) is 6.01. The number of halogens is 4. The molecule has 0 aliphatic rings. The predicted octanol–water partition coefficient (Wildman–Crippen LogP) is 3.33. The fraction of sp³-hybridized carbons (Fsp3) is 0.286. The second-order valence-electron chi connectivity index (χ2n) is 4.39. The van der Waals surface area contributed by atoms with Crippen LogP contribution in [0.1, 0.15) is 10.4 Å². The maximum atomic E-state index is 12.7. The highest BCUT2D eigenvalue weighted by atomic mass is 19.3. The number of carbonyl (C=O) groups is 1. The van der Waals surface area contributed by atoms with Gasteiger partial charge in [0.15, 0.2) is 5.78 Å². The minimum absolute atomic E-state index is 0.202. The largest absolute Gasteiger partial charge is 0.367 e. The van der Waals surface area contributed by atoms with Gasteiger partial charge in [0.05, 0.1) is 0 Å². The Morgan fingerprint density at radius 1 is 1.24 bits per heavy atom. The van der Waals surface area contributed by atoms with Crippen molar-refractivity contribution in [3.63, 3.8) is 0 Å². The molecule has 0 atom stereocenters. The predicted molar refractivity (Wildman–Crippen MR) is 67.8 cm³/mol. The molecule has 7 heteroatoms. The Morgan fingerprint density at radius 3 is 2.67 bits per heavy atom. The molecule has 0 saturated heterocycles. The van der Waals surface area contributed by atoms with Crippen LogP contribution in [0.5, 0.6) is 0 Å². The molecule has 112 valence electrons. The molecule has 0 spiro atoms. The van der Waals surface area contributed by atoms with Crippen LogP contribution >= 0.6 is 0 Å². The van der Waals surface area contributed by atoms with Crippen LogP contribution in [0.15, 0.2) is 36.7 Å². The van der Waals surface area contributed by atoms with Gasteiger partial charge >= 0.3 is 12.3 Å². The molecule has 0 unspecified atom stereocenters. The highest BCUT2D eigenvalue weighted by Gasteiger charge is 2.41. The summed E-state index contributed by atoms with van der Waals surface area (Å²) >= 11 is 0. The van der Waals surface area contributed by atoms with Gasteiger partial charge in [-0.15, -0.1) is 0 Å². The Labute approximate surface area is 117 Å². The zero-order valence-electron chi connectivity index (χ0n) is 10.7. The van der Waals surface area contributed by atoms with Gasteiger partial charge < -0.3 is 4.74 Å². The molecule has 2 aromatic rings. The maximum Gasteiger partial charge on any atom is 0.330 e. The van der Waals surface area contributed by atoms with E-state index in [-0.39, 0.29) is 5.56 Å². The molecule has 0 radical (unpaired) electrons. The van der Waals surface area contributed by atoms with Gasteiger partial charge in [0, 0.05) is 23.3 Å². The summed E-state index contributed by atoms with van der Waals surface area (Å²) in [5.41, 5.74) is 0.202. The van der Waals surface area contributed by atoms with Gasteiger partial charge in [-0.3, -0.25) is 9.78 Å². The Kier molecular flexibility index (Phi) is 4.52. The van der Waals surface area contributed by atoms with Gasteiger partial charge in [-0.1, -0.05) is 24.3 Å². The van der Waals surface area contributed by atoms with Crippen molar-refractivity contribution in [1.82, 2.24) is 4.98 Å². The highest BCUT2D eigenvalue weighted by Crippen LogP contribution is 2.23. The van der Waals surface area contributed by atoms with E-state index in [9.17, 15) is 22.4 Å². The molecule has 0 bridgehead atoms. The van der Waals surface area contributed by atoms with Crippen LogP contribution in [0.25, 0.3) is 10.8 Å². The molecular formula is C14H11F4NO2. The second kappa shape index (κ2) is 6.17. The lowest BCUT2D eigenvalue weighted by Gasteiger charge is -2.14. The van der Waals surface area contributed by atoms with Gasteiger partial charge in [0.1, 0.15) is 13.2 Å². The third-order valence-electron chi connectivity index (χ3n) is 2.82. The van der Waals surface area contributed by atoms with Crippen molar-refractivity contribution in [2.45, 2.75) is 12.3 Å². The van der Waals surface area contributed by atoms with Gasteiger partial charge in [-0.2, -0.15) is 8.78 Å². The molecule has 0 amide bonds. The summed E-state index contributed by atoms with van der Waals surface area (Å²) in [4.78, 5) is 15.8. The summed E-state index contributed by atoms with van der Waals surface area (Å²) < 4.78 is 53.6. The number of Topliss-reactive ketones (excluding diaryl/α,β-unsaturated/α-hetero) is 1. The highest BCUT2D eigenvalue weighted by molar-refractivity contribution is 6.08. The quantitative estimate of drug-likeness (QED) is 0.607. The maximum absolute atomic E-state index is 12.7. The fourth-order valence-electron chi connectivity index (χ4n) is 1.76. The number of pyridine rings is 1. The minimum atomic E-state index is -4.27. The van der Waals surface area contributed by atoms with Crippen LogP contribution in [0.4, 0.5) is 17.6 Å². The number of nitrogens with zero attached hydrogens (tertiary/aromatic N) is 1. The number of hydrogen-bond acceptors (Lipinski definition) is 3. The Balaban J connectivity index is 2.07. The molecule has 21 heavy (non-hydrogen) atoms. The molecule has 1 heterocycles. The van der Waals surface area contributed by atoms with Crippen molar-refractivity contribution in [1.29, 1.82) is 0 Å². The summed E-state index contributed by atoms with van der Waals surface area (Å²) in [6.07, 6.45) is -0.983. The van der Waals surface area contributed by atoms with E-state index in [1.54, 1.807) is 30.5 Å². The molecule has 0 aliphatic carbocycles. The molecule has 0 fully saturated rings. The third kappa shape index (κ3) is 3.55. The first-order valence-corrected chi connectivity index (χ1v) is 6.01. The average molecular weight is 301 g/mol. The van der Waals surface area contributed by atoms with E-state index in [0.717, 1.165) is 0 Å². The normalized spacial score (nSPS) is 12.0. The molecule has 0 N–H and O–H groups in total. The minimum Gasteiger partial charge on any atom is -0.367 e. The van der Waals surface area contributed by atoms with Crippen LogP contribution in [-0.4, -0.2) is 36.3 Å². The number of rotatable bonds is 6. The molecule has 1 aromatic heterocycles. The standard InChI is InChI=1S/C14H11F4NO2/c15-13(16)14(17,18)8-21-7-12(20)11-6-19-5-9-3-1-2-4-10(9)11/h1-6,13H,7-8H2. The SMILES string of the molecule is O=C(COCC(F)(F)C(F)F)c1cncc2ccccc12. The number of ether oxygens (including phenoxy) is 1. The van der Waals surface area contributed by atoms with Gasteiger partial charge in [-0.25, -0.2) is 8.78 Å². The summed E-state index contributed by atoms with van der Waals surface area (Å²) in [6.45, 7) is -2.22. The van der Waals surface area contributed by atoms with Gasteiger partial charge in [-0.05, 0) is 5.39 Å². The van der Waals surface area contributed by atoms with Gasteiger partial charge in [0.25, 0.3) is 0 Å². The Morgan fingerprint density at radius 2 is 1.95 bits per heavy atom. The van der Waals surface area contributed by atoms with Crippen LogP contribution < -0.4 is 0 Å². The Bertz CT molecular complexity index is 640. The lowest BCUT2D eigenvalue weighted by atomic mass is 10.1. The number of carbonyl (C=O) groups excluding carboxylic acids is 1. The zero-order chi connectivity index (χ0) is 15.5. The summed E-state index contributed by atoms with van der Waals surface area (Å²) in [6, 6.07) is 6.89. The van der Waals surface area contributed by atoms with E-state index >= 15 is 0 Å². The number of hydrogen-bond donors (Lipinski definition) is 0. The third-order valence-corrected chi connectivity index (χ3v) is 2.82. The Hall–Kier alpha value is -2.02. The second-order valence-corrected chi connectivity index (χ2v) is 4.39. The lowest BCUT2D eigenvalue weighted by Crippen LogP contribution is -2.33. The van der Waals surface area contributed by atoms with Crippen LogP contribution in [0.2, 0.25) is 0 Å². The summed E-state index contributed by atoms with van der Waals surface area (Å²) in [5.74, 6) is -4.86. The molecule has 0 saturated carbocycles. The van der Waals surface area contributed by atoms with Gasteiger partial charge in [0.2, 0.25) is 0 Å². The van der Waals surface area contributed by atoms with E-state index in [0.29, 0.717) is 10.8 Å². The number of benzene rings is 1.